The van der Waals surface area contributed by atoms with Crippen LogP contribution in [-0.4, -0.2) is 72.9 Å². The number of nitrogens with zero attached hydrogens (tertiary/aromatic N) is 2. The van der Waals surface area contributed by atoms with Crippen LogP contribution in [0.3, 0.4) is 0 Å². The number of piperazine rings is 1. The number of β-amino-alcohol motifs (C(OH)–C–C–N with tert-alkyl or cyclic N) is 1. The summed E-state index contributed by atoms with van der Waals surface area (Å²) in [6, 6.07) is 11.2. The molecule has 0 aliphatic carbocycles. The predicted octanol–water partition coefficient (Wildman–Crippen LogP) is 5.39. The highest BCUT2D eigenvalue weighted by Gasteiger charge is 2.22. The number of hydrogen-bond donors (Lipinski definition) is 1. The molecule has 0 radical (unpaired) electrons. The van der Waals surface area contributed by atoms with Crippen LogP contribution < -0.4 is 0 Å². The Balaban J connectivity index is 0.00000456. The zero-order valence-electron chi connectivity index (χ0n) is 19.8. The number of hydrogen-bond acceptors (Lipinski definition) is 7. The molecular formula is C25H29Cl3N2O5S. The molecule has 7 nitrogen and oxygen atoms in total. The van der Waals surface area contributed by atoms with E-state index in [0.29, 0.717) is 54.9 Å². The number of benzene rings is 2. The first-order valence-electron chi connectivity index (χ1n) is 11.3. The van der Waals surface area contributed by atoms with Gasteiger partial charge in [0.15, 0.2) is 0 Å². The third kappa shape index (κ3) is 8.57. The fourth-order valence-electron chi connectivity index (χ4n) is 3.47. The van der Waals surface area contributed by atoms with E-state index in [1.54, 1.807) is 24.0 Å². The number of aliphatic hydroxyl groups is 1. The van der Waals surface area contributed by atoms with Gasteiger partial charge >= 0.3 is 12.1 Å². The van der Waals surface area contributed by atoms with Crippen LogP contribution in [-0.2, 0) is 20.9 Å². The van der Waals surface area contributed by atoms with Crippen LogP contribution in [0.4, 0.5) is 4.79 Å². The van der Waals surface area contributed by atoms with Crippen LogP contribution >= 0.6 is 47.4 Å². The molecule has 1 aliphatic rings. The van der Waals surface area contributed by atoms with Crippen molar-refractivity contribution in [1.29, 1.82) is 0 Å². The normalized spacial score (nSPS) is 13.9. The van der Waals surface area contributed by atoms with Crippen molar-refractivity contribution in [3.8, 4) is 0 Å². The molecule has 1 aliphatic heterocycles. The van der Waals surface area contributed by atoms with Crippen LogP contribution in [0.1, 0.15) is 18.1 Å². The zero-order chi connectivity index (χ0) is 25.2. The molecular weight excluding hydrogens is 547 g/mol. The molecule has 1 fully saturated rings. The third-order valence-corrected chi connectivity index (χ3v) is 7.53. The van der Waals surface area contributed by atoms with Crippen molar-refractivity contribution in [2.45, 2.75) is 23.3 Å². The second kappa shape index (κ2) is 15.3. The van der Waals surface area contributed by atoms with Crippen LogP contribution in [0.15, 0.2) is 52.3 Å². The molecule has 1 saturated heterocycles. The fourth-order valence-corrected chi connectivity index (χ4v) is 5.01. The van der Waals surface area contributed by atoms with Gasteiger partial charge in [-0.25, -0.2) is 9.59 Å². The monoisotopic (exact) mass is 574 g/mol. The summed E-state index contributed by atoms with van der Waals surface area (Å²) in [6.07, 6.45) is 2.69. The van der Waals surface area contributed by atoms with Crippen LogP contribution in [0.2, 0.25) is 10.0 Å². The highest BCUT2D eigenvalue weighted by Crippen LogP contribution is 2.40. The lowest BCUT2D eigenvalue weighted by Crippen LogP contribution is -2.49. The smallest absolute Gasteiger partial charge is 0.410 e. The Morgan fingerprint density at radius 2 is 1.75 bits per heavy atom. The van der Waals surface area contributed by atoms with Crippen molar-refractivity contribution < 1.29 is 24.2 Å². The average molecular weight is 576 g/mol. The zero-order valence-corrected chi connectivity index (χ0v) is 23.0. The molecule has 0 atom stereocenters. The van der Waals surface area contributed by atoms with Crippen molar-refractivity contribution in [2.75, 3.05) is 45.9 Å². The first kappa shape index (κ1) is 30.3. The van der Waals surface area contributed by atoms with Gasteiger partial charge in [0.1, 0.15) is 6.61 Å². The molecule has 3 rings (SSSR count). The summed E-state index contributed by atoms with van der Waals surface area (Å²) in [6.45, 7) is 5.29. The van der Waals surface area contributed by atoms with Gasteiger partial charge in [-0.2, -0.15) is 0 Å². The minimum absolute atomic E-state index is 0. The SMILES string of the molecule is CCOC(=O)/C=C/c1ccccc1Sc1ccc(COC(=O)N2CCN(CCO)CC2)c(Cl)c1Cl.Cl. The summed E-state index contributed by atoms with van der Waals surface area (Å²) in [5.74, 6) is -0.403. The second-order valence-corrected chi connectivity index (χ2v) is 9.52. The van der Waals surface area contributed by atoms with E-state index in [9.17, 15) is 9.59 Å². The van der Waals surface area contributed by atoms with Crippen molar-refractivity contribution >= 4 is 65.5 Å². The van der Waals surface area contributed by atoms with Crippen LogP contribution in [0, 0.1) is 0 Å². The van der Waals surface area contributed by atoms with Gasteiger partial charge in [-0.3, -0.25) is 4.90 Å². The largest absolute Gasteiger partial charge is 0.463 e. The molecule has 2 aromatic rings. The third-order valence-electron chi connectivity index (χ3n) is 5.35. The van der Waals surface area contributed by atoms with Gasteiger partial charge in [-0.15, -0.1) is 12.4 Å². The van der Waals surface area contributed by atoms with Gasteiger partial charge in [-0.05, 0) is 30.7 Å². The maximum absolute atomic E-state index is 12.4. The van der Waals surface area contributed by atoms with E-state index in [2.05, 4.69) is 4.90 Å². The Morgan fingerprint density at radius 1 is 1.03 bits per heavy atom. The second-order valence-electron chi connectivity index (χ2n) is 7.68. The van der Waals surface area contributed by atoms with Gasteiger partial charge in [0.2, 0.25) is 0 Å². The van der Waals surface area contributed by atoms with Gasteiger partial charge in [0, 0.05) is 54.2 Å². The summed E-state index contributed by atoms with van der Waals surface area (Å²) < 4.78 is 10.4. The fraction of sp³-hybridized carbons (Fsp3) is 0.360. The molecule has 1 N–H and O–H groups in total. The lowest BCUT2D eigenvalue weighted by Gasteiger charge is -2.33. The topological polar surface area (TPSA) is 79.3 Å². The van der Waals surface area contributed by atoms with Crippen molar-refractivity contribution in [3.05, 3.63) is 63.6 Å². The summed E-state index contributed by atoms with van der Waals surface area (Å²) in [7, 11) is 0. The van der Waals surface area contributed by atoms with Gasteiger partial charge in [0.25, 0.3) is 0 Å². The van der Waals surface area contributed by atoms with E-state index < -0.39 is 12.1 Å². The number of esters is 1. The number of aliphatic hydroxyl groups excluding tert-OH is 1. The molecule has 0 spiro atoms. The Labute approximate surface area is 231 Å². The maximum atomic E-state index is 12.4. The summed E-state index contributed by atoms with van der Waals surface area (Å²) in [4.78, 5) is 29.5. The van der Waals surface area contributed by atoms with E-state index in [1.165, 1.54) is 17.8 Å². The first-order chi connectivity index (χ1) is 16.9. The number of halogens is 3. The number of amides is 1. The highest BCUT2D eigenvalue weighted by atomic mass is 35.5. The molecule has 0 bridgehead atoms. The first-order valence-corrected chi connectivity index (χ1v) is 12.8. The van der Waals surface area contributed by atoms with Crippen molar-refractivity contribution in [1.82, 2.24) is 9.80 Å². The molecule has 1 amide bonds. The molecule has 0 unspecified atom stereocenters. The number of carbonyl (C=O) groups is 2. The average Bonchev–Trinajstić information content (AvgIpc) is 2.86. The van der Waals surface area contributed by atoms with E-state index in [-0.39, 0.29) is 25.6 Å². The Kier molecular flexibility index (Phi) is 12.9. The Bertz CT molecular complexity index is 1060. The van der Waals surface area contributed by atoms with Gasteiger partial charge in [-0.1, -0.05) is 59.2 Å². The Hall–Kier alpha value is -1.94. The van der Waals surface area contributed by atoms with Crippen LogP contribution in [0.25, 0.3) is 6.08 Å². The minimum Gasteiger partial charge on any atom is -0.463 e. The predicted molar refractivity (Wildman–Crippen MR) is 145 cm³/mol. The summed E-state index contributed by atoms with van der Waals surface area (Å²) >= 11 is 14.5. The maximum Gasteiger partial charge on any atom is 0.410 e. The van der Waals surface area contributed by atoms with Crippen LogP contribution in [0.5, 0.6) is 0 Å². The molecule has 1 heterocycles. The minimum atomic E-state index is -0.403. The number of rotatable bonds is 9. The molecule has 0 aromatic heterocycles. The van der Waals surface area contributed by atoms with Gasteiger partial charge in [0.05, 0.1) is 23.3 Å². The summed E-state index contributed by atoms with van der Waals surface area (Å²) in [5, 5.41) is 9.74. The molecule has 2 aromatic carbocycles. The molecule has 11 heteroatoms. The molecule has 196 valence electrons. The molecule has 0 saturated carbocycles. The van der Waals surface area contributed by atoms with E-state index in [1.807, 2.05) is 30.3 Å². The van der Waals surface area contributed by atoms with Crippen molar-refractivity contribution in [3.63, 3.8) is 0 Å². The lowest BCUT2D eigenvalue weighted by atomic mass is 10.2. The number of carbonyl (C=O) groups excluding carboxylic acids is 2. The van der Waals surface area contributed by atoms with E-state index in [0.717, 1.165) is 15.4 Å². The standard InChI is InChI=1S/C25H28Cl2N2O5S.ClH/c1-2-33-22(31)10-8-18-5-3-4-6-20(18)35-21-9-7-19(23(26)24(21)27)17-34-25(32)29-13-11-28(12-14-29)15-16-30;/h3-10,30H,2,11-17H2,1H3;1H/b10-8+;. The quantitative estimate of drug-likeness (QED) is 0.317. The van der Waals surface area contributed by atoms with Crippen molar-refractivity contribution in [2.24, 2.45) is 0 Å². The molecule has 36 heavy (non-hydrogen) atoms. The Morgan fingerprint density at radius 3 is 2.44 bits per heavy atom. The number of ether oxygens (including phenoxy) is 2. The summed E-state index contributed by atoms with van der Waals surface area (Å²) in [5.41, 5.74) is 1.46. The van der Waals surface area contributed by atoms with E-state index in [4.69, 9.17) is 37.8 Å². The van der Waals surface area contributed by atoms with Gasteiger partial charge < -0.3 is 19.5 Å². The van der Waals surface area contributed by atoms with E-state index >= 15 is 0 Å². The lowest BCUT2D eigenvalue weighted by molar-refractivity contribution is -0.137. The highest BCUT2D eigenvalue weighted by molar-refractivity contribution is 7.99.